The van der Waals surface area contributed by atoms with Gasteiger partial charge in [-0.05, 0) is 54.1 Å². The molecule has 0 radical (unpaired) electrons. The molecule has 0 spiro atoms. The summed E-state index contributed by atoms with van der Waals surface area (Å²) in [7, 11) is -1.62. The van der Waals surface area contributed by atoms with E-state index in [1.807, 2.05) is 54.6 Å². The lowest BCUT2D eigenvalue weighted by Crippen LogP contribution is -2.24. The highest BCUT2D eigenvalue weighted by molar-refractivity contribution is 7.91. The number of hydrogen-bond acceptors (Lipinski definition) is 4. The molecule has 0 aliphatic carbocycles. The molecule has 0 saturated heterocycles. The molecule has 1 atom stereocenters. The third kappa shape index (κ3) is 4.17. The molecule has 2 N–H and O–H groups in total. The summed E-state index contributed by atoms with van der Waals surface area (Å²) in [6.45, 7) is 0.402. The average molecular weight is 425 g/mol. The first kappa shape index (κ1) is 20.4. The zero-order chi connectivity index (χ0) is 21.3. The highest BCUT2D eigenvalue weighted by Gasteiger charge is 2.21. The average Bonchev–Trinajstić information content (AvgIpc) is 3.12. The van der Waals surface area contributed by atoms with Gasteiger partial charge in [0.05, 0.1) is 16.5 Å². The summed E-state index contributed by atoms with van der Waals surface area (Å²) < 4.78 is 29.3. The second kappa shape index (κ2) is 8.08. The minimum absolute atomic E-state index is 0.155. The number of aromatic amines is 2. The Morgan fingerprint density at radius 2 is 1.73 bits per heavy atom. The van der Waals surface area contributed by atoms with Crippen LogP contribution >= 0.6 is 0 Å². The summed E-state index contributed by atoms with van der Waals surface area (Å²) in [4.78, 5) is 18.8. The summed E-state index contributed by atoms with van der Waals surface area (Å²) in [5, 5.41) is 1.41. The van der Waals surface area contributed by atoms with Gasteiger partial charge in [-0.15, -0.1) is 0 Å². The Balaban J connectivity index is 1.69. The Hall–Kier alpha value is -2.90. The molecular formula is C23H24N2O4S. The highest BCUT2D eigenvalue weighted by Crippen LogP contribution is 2.26. The maximum absolute atomic E-state index is 12.6. The number of aromatic nitrogens is 2. The van der Waals surface area contributed by atoms with Crippen LogP contribution in [0.3, 0.4) is 0 Å². The Morgan fingerprint density at radius 3 is 2.50 bits per heavy atom. The Bertz CT molecular complexity index is 1370. The van der Waals surface area contributed by atoms with Crippen molar-refractivity contribution in [3.8, 4) is 11.3 Å². The number of fused-ring (bicyclic) bond motifs is 2. The van der Waals surface area contributed by atoms with Gasteiger partial charge in [-0.3, -0.25) is 4.79 Å². The van der Waals surface area contributed by atoms with Crippen molar-refractivity contribution >= 4 is 31.6 Å². The molecule has 0 aliphatic rings. The van der Waals surface area contributed by atoms with Gasteiger partial charge in [0.15, 0.2) is 9.84 Å². The third-order valence-corrected chi connectivity index (χ3v) is 7.05. The first-order valence-corrected chi connectivity index (χ1v) is 11.7. The maximum atomic E-state index is 12.6. The van der Waals surface area contributed by atoms with E-state index in [2.05, 4.69) is 9.97 Å². The normalized spacial score (nSPS) is 13.1. The molecule has 2 heterocycles. The minimum Gasteiger partial charge on any atom is -0.385 e. The van der Waals surface area contributed by atoms with Crippen molar-refractivity contribution < 1.29 is 13.2 Å². The number of sulfone groups is 1. The van der Waals surface area contributed by atoms with Crippen LogP contribution in [0.4, 0.5) is 0 Å². The van der Waals surface area contributed by atoms with Crippen LogP contribution in [0.2, 0.25) is 0 Å². The van der Waals surface area contributed by atoms with E-state index in [-0.39, 0.29) is 5.56 Å². The van der Waals surface area contributed by atoms with Gasteiger partial charge in [0, 0.05) is 36.4 Å². The lowest BCUT2D eigenvalue weighted by Gasteiger charge is -2.14. The summed E-state index contributed by atoms with van der Waals surface area (Å²) >= 11 is 0. The molecule has 0 fully saturated rings. The fraction of sp³-hybridized carbons (Fsp3) is 0.261. The number of H-pyrrole nitrogens is 2. The number of nitrogens with one attached hydrogen (secondary N) is 2. The molecule has 2 aromatic heterocycles. The SMILES string of the molecule is COCCC(Cc1ccc2[nH]c(-c3cc4ccccc4[nH]c3=O)cc2c1)S(C)(=O)=O. The summed E-state index contributed by atoms with van der Waals surface area (Å²) in [5.41, 5.74) is 3.78. The van der Waals surface area contributed by atoms with Gasteiger partial charge in [0.1, 0.15) is 0 Å². The van der Waals surface area contributed by atoms with E-state index < -0.39 is 15.1 Å². The van der Waals surface area contributed by atoms with Crippen molar-refractivity contribution in [3.63, 3.8) is 0 Å². The third-order valence-electron chi connectivity index (χ3n) is 5.44. The minimum atomic E-state index is -3.19. The summed E-state index contributed by atoms with van der Waals surface area (Å²) in [6.07, 6.45) is 2.15. The van der Waals surface area contributed by atoms with E-state index in [1.165, 1.54) is 6.26 Å². The van der Waals surface area contributed by atoms with E-state index in [4.69, 9.17) is 4.74 Å². The molecule has 30 heavy (non-hydrogen) atoms. The molecule has 7 heteroatoms. The maximum Gasteiger partial charge on any atom is 0.257 e. The molecule has 0 amide bonds. The number of methoxy groups -OCH3 is 1. The number of benzene rings is 2. The van der Waals surface area contributed by atoms with E-state index >= 15 is 0 Å². The number of pyridine rings is 1. The van der Waals surface area contributed by atoms with Crippen LogP contribution in [0.5, 0.6) is 0 Å². The Labute approximate surface area is 174 Å². The predicted octanol–water partition coefficient (Wildman–Crippen LogP) is 3.67. The van der Waals surface area contributed by atoms with Crippen molar-refractivity contribution in [1.82, 2.24) is 9.97 Å². The van der Waals surface area contributed by atoms with Crippen LogP contribution < -0.4 is 5.56 Å². The van der Waals surface area contributed by atoms with Crippen LogP contribution in [-0.4, -0.2) is 43.6 Å². The largest absolute Gasteiger partial charge is 0.385 e. The number of ether oxygens (including phenoxy) is 1. The molecule has 0 bridgehead atoms. The van der Waals surface area contributed by atoms with Gasteiger partial charge in [0.2, 0.25) is 0 Å². The van der Waals surface area contributed by atoms with Gasteiger partial charge in [0.25, 0.3) is 5.56 Å². The van der Waals surface area contributed by atoms with Crippen molar-refractivity contribution in [2.24, 2.45) is 0 Å². The van der Waals surface area contributed by atoms with Crippen molar-refractivity contribution in [3.05, 3.63) is 70.5 Å². The van der Waals surface area contributed by atoms with Crippen LogP contribution in [-0.2, 0) is 21.0 Å². The molecule has 1 unspecified atom stereocenters. The number of para-hydroxylation sites is 1. The first-order chi connectivity index (χ1) is 14.3. The van der Waals surface area contributed by atoms with E-state index in [0.717, 1.165) is 33.1 Å². The second-order valence-electron chi connectivity index (χ2n) is 7.64. The van der Waals surface area contributed by atoms with E-state index in [0.29, 0.717) is 25.0 Å². The van der Waals surface area contributed by atoms with Crippen LogP contribution in [0.25, 0.3) is 33.1 Å². The van der Waals surface area contributed by atoms with E-state index in [9.17, 15) is 13.2 Å². The molecule has 6 nitrogen and oxygen atoms in total. The van der Waals surface area contributed by atoms with E-state index in [1.54, 1.807) is 7.11 Å². The zero-order valence-corrected chi connectivity index (χ0v) is 17.8. The predicted molar refractivity (Wildman–Crippen MR) is 121 cm³/mol. The molecular weight excluding hydrogens is 400 g/mol. The molecule has 2 aromatic carbocycles. The Morgan fingerprint density at radius 1 is 0.967 bits per heavy atom. The van der Waals surface area contributed by atoms with Gasteiger partial charge in [-0.25, -0.2) is 8.42 Å². The molecule has 4 rings (SSSR count). The fourth-order valence-electron chi connectivity index (χ4n) is 3.78. The zero-order valence-electron chi connectivity index (χ0n) is 16.9. The van der Waals surface area contributed by atoms with Crippen molar-refractivity contribution in [1.29, 1.82) is 0 Å². The van der Waals surface area contributed by atoms with Gasteiger partial charge in [-0.2, -0.15) is 0 Å². The second-order valence-corrected chi connectivity index (χ2v) is 9.97. The molecule has 4 aromatic rings. The number of rotatable bonds is 7. The summed E-state index contributed by atoms with van der Waals surface area (Å²) in [5.74, 6) is 0. The molecule has 0 aliphatic heterocycles. The van der Waals surface area contributed by atoms with Crippen LogP contribution in [0.15, 0.2) is 59.4 Å². The lowest BCUT2D eigenvalue weighted by atomic mass is 10.1. The smallest absolute Gasteiger partial charge is 0.257 e. The standard InChI is InChI=1S/C23H24N2O4S/c1-29-10-9-18(30(2,27)28)12-15-7-8-21-17(11-15)14-22(24-21)19-13-16-5-3-4-6-20(16)25-23(19)26/h3-8,11,13-14,18,24H,9-10,12H2,1-2H3,(H,25,26). The van der Waals surface area contributed by atoms with Crippen molar-refractivity contribution in [2.45, 2.75) is 18.1 Å². The lowest BCUT2D eigenvalue weighted by molar-refractivity contribution is 0.193. The van der Waals surface area contributed by atoms with Crippen LogP contribution in [0, 0.1) is 0 Å². The van der Waals surface area contributed by atoms with Crippen molar-refractivity contribution in [2.75, 3.05) is 20.0 Å². The van der Waals surface area contributed by atoms with Gasteiger partial charge < -0.3 is 14.7 Å². The highest BCUT2D eigenvalue weighted by atomic mass is 32.2. The van der Waals surface area contributed by atoms with Crippen LogP contribution in [0.1, 0.15) is 12.0 Å². The summed E-state index contributed by atoms with van der Waals surface area (Å²) in [6, 6.07) is 17.3. The van der Waals surface area contributed by atoms with Gasteiger partial charge >= 0.3 is 0 Å². The monoisotopic (exact) mass is 424 g/mol. The first-order valence-electron chi connectivity index (χ1n) is 9.77. The molecule has 156 valence electrons. The number of hydrogen-bond donors (Lipinski definition) is 2. The fourth-order valence-corrected chi connectivity index (χ4v) is 4.80. The quantitative estimate of drug-likeness (QED) is 0.473. The topological polar surface area (TPSA) is 92.0 Å². The Kier molecular flexibility index (Phi) is 5.49. The molecule has 0 saturated carbocycles. The van der Waals surface area contributed by atoms with Gasteiger partial charge in [-0.1, -0.05) is 24.3 Å².